The summed E-state index contributed by atoms with van der Waals surface area (Å²) in [6, 6.07) is 27.1. The molecule has 3 aromatic carbocycles. The highest BCUT2D eigenvalue weighted by Crippen LogP contribution is 2.28. The average Bonchev–Trinajstić information content (AvgIpc) is 3.31. The van der Waals surface area contributed by atoms with Crippen molar-refractivity contribution in [3.63, 3.8) is 0 Å². The van der Waals surface area contributed by atoms with E-state index in [9.17, 15) is 4.79 Å². The fourth-order valence-corrected chi connectivity index (χ4v) is 3.96. The second kappa shape index (κ2) is 10.6. The molecule has 0 unspecified atom stereocenters. The van der Waals surface area contributed by atoms with Gasteiger partial charge in [-0.25, -0.2) is 0 Å². The van der Waals surface area contributed by atoms with Gasteiger partial charge in [0.1, 0.15) is 5.75 Å². The second-order valence-electron chi connectivity index (χ2n) is 8.71. The summed E-state index contributed by atoms with van der Waals surface area (Å²) in [6.45, 7) is 6.68. The normalized spacial score (nSPS) is 11.3. The van der Waals surface area contributed by atoms with Gasteiger partial charge in [0.25, 0.3) is 11.1 Å². The van der Waals surface area contributed by atoms with Gasteiger partial charge in [0.2, 0.25) is 5.91 Å². The zero-order valence-electron chi connectivity index (χ0n) is 19.5. The van der Waals surface area contributed by atoms with Crippen molar-refractivity contribution in [2.24, 2.45) is 0 Å². The molecule has 1 heterocycles. The zero-order valence-corrected chi connectivity index (χ0v) is 20.3. The third-order valence-corrected chi connectivity index (χ3v) is 5.93. The van der Waals surface area contributed by atoms with Gasteiger partial charge in [0.05, 0.1) is 5.75 Å². The molecule has 0 saturated heterocycles. The number of hydrogen-bond acceptors (Lipinski definition) is 6. The third kappa shape index (κ3) is 6.05. The van der Waals surface area contributed by atoms with Gasteiger partial charge >= 0.3 is 0 Å². The van der Waals surface area contributed by atoms with Crippen LogP contribution in [-0.4, -0.2) is 21.9 Å². The molecular weight excluding hydrogens is 446 g/mol. The monoisotopic (exact) mass is 473 g/mol. The highest BCUT2D eigenvalue weighted by atomic mass is 32.2. The average molecular weight is 474 g/mol. The van der Waals surface area contributed by atoms with Gasteiger partial charge in [-0.1, -0.05) is 81.1 Å². The van der Waals surface area contributed by atoms with Gasteiger partial charge in [-0.15, -0.1) is 10.2 Å². The molecular formula is C27H27N3O3S. The number of amides is 1. The van der Waals surface area contributed by atoms with E-state index in [1.54, 1.807) is 4.90 Å². The van der Waals surface area contributed by atoms with Crippen LogP contribution in [0.4, 0.5) is 11.4 Å². The molecule has 0 fully saturated rings. The number of carbonyl (C=O) groups is 1. The maximum Gasteiger partial charge on any atom is 0.277 e. The Morgan fingerprint density at radius 3 is 2.03 bits per heavy atom. The van der Waals surface area contributed by atoms with Crippen molar-refractivity contribution in [2.45, 2.75) is 38.0 Å². The van der Waals surface area contributed by atoms with E-state index >= 15 is 0 Å². The van der Waals surface area contributed by atoms with Crippen molar-refractivity contribution in [3.05, 3.63) is 96.4 Å². The largest absolute Gasteiger partial charge is 0.484 e. The summed E-state index contributed by atoms with van der Waals surface area (Å²) in [5, 5.41) is 8.42. The fourth-order valence-electron chi connectivity index (χ4n) is 3.33. The Morgan fingerprint density at radius 1 is 0.882 bits per heavy atom. The summed E-state index contributed by atoms with van der Waals surface area (Å²) in [7, 11) is 0. The van der Waals surface area contributed by atoms with Gasteiger partial charge in [0, 0.05) is 11.4 Å². The number of benzene rings is 3. The molecule has 174 valence electrons. The van der Waals surface area contributed by atoms with Crippen LogP contribution >= 0.6 is 11.8 Å². The lowest BCUT2D eigenvalue weighted by atomic mass is 9.87. The van der Waals surface area contributed by atoms with Crippen molar-refractivity contribution in [1.29, 1.82) is 0 Å². The lowest BCUT2D eigenvalue weighted by Crippen LogP contribution is -2.27. The summed E-state index contributed by atoms with van der Waals surface area (Å²) >= 11 is 1.21. The maximum absolute atomic E-state index is 13.1. The predicted molar refractivity (Wildman–Crippen MR) is 135 cm³/mol. The van der Waals surface area contributed by atoms with Crippen LogP contribution in [0.2, 0.25) is 0 Å². The van der Waals surface area contributed by atoms with Gasteiger partial charge < -0.3 is 9.15 Å². The van der Waals surface area contributed by atoms with Crippen LogP contribution in [0, 0.1) is 0 Å². The van der Waals surface area contributed by atoms with E-state index in [1.807, 2.05) is 72.8 Å². The topological polar surface area (TPSA) is 68.5 Å². The number of ether oxygens (including phenoxy) is 1. The Morgan fingerprint density at radius 2 is 1.47 bits per heavy atom. The van der Waals surface area contributed by atoms with Crippen molar-refractivity contribution < 1.29 is 13.9 Å². The Hall–Kier alpha value is -3.58. The number of hydrogen-bond donors (Lipinski definition) is 0. The van der Waals surface area contributed by atoms with Crippen LogP contribution in [0.3, 0.4) is 0 Å². The zero-order chi connectivity index (χ0) is 24.0. The maximum atomic E-state index is 13.1. The molecule has 0 saturated carbocycles. The molecule has 0 aliphatic carbocycles. The molecule has 0 atom stereocenters. The molecule has 0 aliphatic rings. The minimum absolute atomic E-state index is 0.0858. The molecule has 4 aromatic rings. The van der Waals surface area contributed by atoms with Gasteiger partial charge in [-0.05, 0) is 47.4 Å². The number of anilines is 2. The molecule has 0 N–H and O–H groups in total. The molecule has 0 aliphatic heterocycles. The molecule has 1 aromatic heterocycles. The van der Waals surface area contributed by atoms with Gasteiger partial charge in [0.15, 0.2) is 6.61 Å². The molecule has 6 nitrogen and oxygen atoms in total. The highest BCUT2D eigenvalue weighted by molar-refractivity contribution is 7.99. The number of thioether (sulfide) groups is 1. The van der Waals surface area contributed by atoms with E-state index in [1.165, 1.54) is 17.3 Å². The first kappa shape index (κ1) is 23.6. The van der Waals surface area contributed by atoms with Gasteiger partial charge in [-0.3, -0.25) is 9.69 Å². The van der Waals surface area contributed by atoms with Crippen LogP contribution in [0.1, 0.15) is 32.2 Å². The molecule has 0 spiro atoms. The SMILES string of the molecule is CC(C)(C)c1ccc(OCc2nnc(SCC(=O)N(c3ccccc3)c3ccccc3)o2)cc1. The molecule has 7 heteroatoms. The number of aromatic nitrogens is 2. The minimum Gasteiger partial charge on any atom is -0.484 e. The van der Waals surface area contributed by atoms with Crippen LogP contribution in [-0.2, 0) is 16.8 Å². The number of nitrogens with zero attached hydrogens (tertiary/aromatic N) is 3. The summed E-state index contributed by atoms with van der Waals surface area (Å²) in [6.07, 6.45) is 0. The summed E-state index contributed by atoms with van der Waals surface area (Å²) in [5.74, 6) is 1.16. The predicted octanol–water partition coefficient (Wildman–Crippen LogP) is 6.40. The molecule has 4 rings (SSSR count). The summed E-state index contributed by atoms with van der Waals surface area (Å²) < 4.78 is 11.4. The van der Waals surface area contributed by atoms with Crippen molar-refractivity contribution >= 4 is 29.0 Å². The smallest absolute Gasteiger partial charge is 0.277 e. The number of carbonyl (C=O) groups excluding carboxylic acids is 1. The van der Waals surface area contributed by atoms with Crippen LogP contribution in [0.15, 0.2) is 94.6 Å². The third-order valence-electron chi connectivity index (χ3n) is 5.13. The highest BCUT2D eigenvalue weighted by Gasteiger charge is 2.19. The Balaban J connectivity index is 1.36. The first-order valence-corrected chi connectivity index (χ1v) is 12.0. The minimum atomic E-state index is -0.0858. The second-order valence-corrected chi connectivity index (χ2v) is 9.64. The van der Waals surface area contributed by atoms with Crippen molar-refractivity contribution in [1.82, 2.24) is 10.2 Å². The first-order valence-electron chi connectivity index (χ1n) is 11.0. The Bertz CT molecular complexity index is 1160. The van der Waals surface area contributed by atoms with Crippen molar-refractivity contribution in [3.8, 4) is 5.75 Å². The van der Waals surface area contributed by atoms with Gasteiger partial charge in [-0.2, -0.15) is 0 Å². The van der Waals surface area contributed by atoms with E-state index in [-0.39, 0.29) is 23.7 Å². The van der Waals surface area contributed by atoms with Crippen LogP contribution < -0.4 is 9.64 Å². The van der Waals surface area contributed by atoms with E-state index in [2.05, 4.69) is 43.1 Å². The van der Waals surface area contributed by atoms with E-state index in [0.717, 1.165) is 17.1 Å². The molecule has 0 bridgehead atoms. The Labute approximate surface area is 204 Å². The standard InChI is InChI=1S/C27H27N3O3S/c1-27(2,3)20-14-16-23(17-15-20)32-18-24-28-29-26(33-24)34-19-25(31)30(21-10-6-4-7-11-21)22-12-8-5-9-13-22/h4-17H,18-19H2,1-3H3. The number of para-hydroxylation sites is 2. The number of rotatable bonds is 8. The van der Waals surface area contributed by atoms with Crippen LogP contribution in [0.25, 0.3) is 0 Å². The van der Waals surface area contributed by atoms with Crippen molar-refractivity contribution in [2.75, 3.05) is 10.7 Å². The lowest BCUT2D eigenvalue weighted by Gasteiger charge is -2.22. The molecule has 0 radical (unpaired) electrons. The summed E-state index contributed by atoms with van der Waals surface area (Å²) in [5.41, 5.74) is 2.93. The van der Waals surface area contributed by atoms with Crippen LogP contribution in [0.5, 0.6) is 5.75 Å². The lowest BCUT2D eigenvalue weighted by molar-refractivity contribution is -0.115. The summed E-state index contributed by atoms with van der Waals surface area (Å²) in [4.78, 5) is 14.8. The van der Waals surface area contributed by atoms with E-state index in [4.69, 9.17) is 9.15 Å². The molecule has 34 heavy (non-hydrogen) atoms. The molecule has 1 amide bonds. The quantitative estimate of drug-likeness (QED) is 0.276. The Kier molecular flexibility index (Phi) is 7.33. The first-order chi connectivity index (χ1) is 16.4. The van der Waals surface area contributed by atoms with E-state index < -0.39 is 0 Å². The van der Waals surface area contributed by atoms with E-state index in [0.29, 0.717) is 11.1 Å². The fraction of sp³-hybridized carbons (Fsp3) is 0.222.